The molecule has 0 aliphatic heterocycles. The lowest BCUT2D eigenvalue weighted by molar-refractivity contribution is -0.143. The molecule has 0 heterocycles. The van der Waals surface area contributed by atoms with Gasteiger partial charge in [0.1, 0.15) is 5.75 Å². The molecular weight excluding hydrogens is 314 g/mol. The summed E-state index contributed by atoms with van der Waals surface area (Å²) in [7, 11) is 0. The predicted molar refractivity (Wildman–Crippen MR) is 91.3 cm³/mol. The van der Waals surface area contributed by atoms with Crippen LogP contribution < -0.4 is 4.84 Å². The topological polar surface area (TPSA) is 58.6 Å². The Morgan fingerprint density at radius 1 is 1.22 bits per heavy atom. The number of hydrogen-bond donors (Lipinski definition) is 2. The fourth-order valence-electron chi connectivity index (χ4n) is 2.37. The molecule has 0 aliphatic rings. The molecular formula is C18H20ClNO3. The Kier molecular flexibility index (Phi) is 6.44. The van der Waals surface area contributed by atoms with Crippen LogP contribution in [0.25, 0.3) is 11.1 Å². The summed E-state index contributed by atoms with van der Waals surface area (Å²) in [6, 6.07) is 14.9. The first kappa shape index (κ1) is 17.3. The third kappa shape index (κ3) is 5.27. The second-order valence-corrected chi connectivity index (χ2v) is 5.48. The maximum Gasteiger partial charge on any atom is 0.307 e. The van der Waals surface area contributed by atoms with Crippen molar-refractivity contribution in [1.29, 1.82) is 0 Å². The number of phenols is 1. The van der Waals surface area contributed by atoms with Crippen molar-refractivity contribution in [2.45, 2.75) is 25.8 Å². The molecule has 1 atom stereocenters. The Labute approximate surface area is 141 Å². The number of hydrogen-bond acceptors (Lipinski definition) is 4. The van der Waals surface area contributed by atoms with Crippen LogP contribution >= 0.6 is 11.8 Å². The van der Waals surface area contributed by atoms with Gasteiger partial charge in [-0.2, -0.15) is 0 Å². The zero-order chi connectivity index (χ0) is 16.7. The molecule has 2 rings (SSSR count). The Balaban J connectivity index is 2.02. The molecule has 0 amide bonds. The van der Waals surface area contributed by atoms with Crippen molar-refractivity contribution < 1.29 is 14.6 Å². The van der Waals surface area contributed by atoms with Crippen LogP contribution in [0.2, 0.25) is 0 Å². The summed E-state index contributed by atoms with van der Waals surface area (Å²) in [6.07, 6.45) is 0.855. The van der Waals surface area contributed by atoms with E-state index in [1.54, 1.807) is 19.1 Å². The molecule has 4 nitrogen and oxygen atoms in total. The molecule has 0 radical (unpaired) electrons. The highest BCUT2D eigenvalue weighted by molar-refractivity contribution is 6.13. The number of carbonyl (C=O) groups is 1. The molecule has 5 heteroatoms. The van der Waals surface area contributed by atoms with Gasteiger partial charge in [-0.25, -0.2) is 4.84 Å². The Morgan fingerprint density at radius 2 is 1.96 bits per heavy atom. The number of aromatic hydroxyl groups is 1. The van der Waals surface area contributed by atoms with E-state index in [2.05, 4.69) is 4.84 Å². The van der Waals surface area contributed by atoms with Gasteiger partial charge in [0.15, 0.2) is 0 Å². The maximum absolute atomic E-state index is 11.5. The van der Waals surface area contributed by atoms with Crippen molar-refractivity contribution in [1.82, 2.24) is 4.84 Å². The fraction of sp³-hybridized carbons (Fsp3) is 0.278. The SMILES string of the molecule is CCOC(=O)C[C@@H](Cc1ccc(-c2cccc(O)c2)cc1)NCl. The van der Waals surface area contributed by atoms with Crippen LogP contribution in [0.1, 0.15) is 18.9 Å². The van der Waals surface area contributed by atoms with Gasteiger partial charge >= 0.3 is 5.97 Å². The number of esters is 1. The third-order valence-corrected chi connectivity index (χ3v) is 3.80. The molecule has 2 N–H and O–H groups in total. The molecule has 122 valence electrons. The standard InChI is InChI=1S/C18H20ClNO3/c1-2-23-18(22)12-16(20-19)10-13-6-8-14(9-7-13)15-4-3-5-17(21)11-15/h3-9,11,16,20-21H,2,10,12H2,1H3/t16-/m1/s1. The zero-order valence-electron chi connectivity index (χ0n) is 13.0. The van der Waals surface area contributed by atoms with Gasteiger partial charge in [-0.15, -0.1) is 0 Å². The van der Waals surface area contributed by atoms with Gasteiger partial charge in [-0.05, 0) is 53.9 Å². The molecule has 2 aromatic carbocycles. The lowest BCUT2D eigenvalue weighted by Gasteiger charge is -2.14. The van der Waals surface area contributed by atoms with Crippen molar-refractivity contribution in [3.05, 3.63) is 54.1 Å². The van der Waals surface area contributed by atoms with Crippen LogP contribution in [0.5, 0.6) is 5.75 Å². The van der Waals surface area contributed by atoms with Crippen molar-refractivity contribution >= 4 is 17.7 Å². The highest BCUT2D eigenvalue weighted by atomic mass is 35.5. The van der Waals surface area contributed by atoms with Gasteiger partial charge in [-0.3, -0.25) is 4.79 Å². The van der Waals surface area contributed by atoms with E-state index in [0.717, 1.165) is 16.7 Å². The second kappa shape index (κ2) is 8.56. The Morgan fingerprint density at radius 3 is 2.57 bits per heavy atom. The molecule has 2 aromatic rings. The average molecular weight is 334 g/mol. The van der Waals surface area contributed by atoms with Crippen LogP contribution in [-0.4, -0.2) is 23.7 Å². The van der Waals surface area contributed by atoms with E-state index in [9.17, 15) is 9.90 Å². The van der Waals surface area contributed by atoms with Crippen LogP contribution in [0, 0.1) is 0 Å². The summed E-state index contributed by atoms with van der Waals surface area (Å²) < 4.78 is 4.94. The fourth-order valence-corrected chi connectivity index (χ4v) is 2.53. The van der Waals surface area contributed by atoms with E-state index in [4.69, 9.17) is 16.5 Å². The molecule has 0 bridgehead atoms. The van der Waals surface area contributed by atoms with Gasteiger partial charge in [0.2, 0.25) is 0 Å². The van der Waals surface area contributed by atoms with Gasteiger partial charge in [-0.1, -0.05) is 36.4 Å². The van der Waals surface area contributed by atoms with Crippen molar-refractivity contribution in [2.24, 2.45) is 0 Å². The molecule has 0 aliphatic carbocycles. The molecule has 0 aromatic heterocycles. The Bertz CT molecular complexity index is 643. The molecule has 0 spiro atoms. The number of rotatable bonds is 7. The summed E-state index contributed by atoms with van der Waals surface area (Å²) in [5.41, 5.74) is 3.04. The minimum absolute atomic E-state index is 0.178. The third-order valence-electron chi connectivity index (χ3n) is 3.49. The highest BCUT2D eigenvalue weighted by Gasteiger charge is 2.14. The van der Waals surface area contributed by atoms with E-state index >= 15 is 0 Å². The lowest BCUT2D eigenvalue weighted by atomic mass is 10.00. The zero-order valence-corrected chi connectivity index (χ0v) is 13.7. The minimum Gasteiger partial charge on any atom is -0.508 e. The highest BCUT2D eigenvalue weighted by Crippen LogP contribution is 2.23. The quantitative estimate of drug-likeness (QED) is 0.599. The Hall–Kier alpha value is -2.04. The first-order valence-electron chi connectivity index (χ1n) is 7.52. The van der Waals surface area contributed by atoms with Crippen LogP contribution in [0.4, 0.5) is 0 Å². The average Bonchev–Trinajstić information content (AvgIpc) is 2.55. The molecule has 23 heavy (non-hydrogen) atoms. The first-order valence-corrected chi connectivity index (χ1v) is 7.90. The monoisotopic (exact) mass is 333 g/mol. The van der Waals surface area contributed by atoms with Gasteiger partial charge in [0.25, 0.3) is 0 Å². The van der Waals surface area contributed by atoms with Crippen LogP contribution in [0.3, 0.4) is 0 Å². The summed E-state index contributed by atoms with van der Waals surface area (Å²) in [4.78, 5) is 14.2. The van der Waals surface area contributed by atoms with Gasteiger partial charge < -0.3 is 9.84 Å². The van der Waals surface area contributed by atoms with Crippen molar-refractivity contribution in [3.63, 3.8) is 0 Å². The predicted octanol–water partition coefficient (Wildman–Crippen LogP) is 3.67. The number of carbonyl (C=O) groups excluding carboxylic acids is 1. The molecule has 0 saturated carbocycles. The minimum atomic E-state index is -0.262. The van der Waals surface area contributed by atoms with E-state index in [0.29, 0.717) is 13.0 Å². The summed E-state index contributed by atoms with van der Waals surface area (Å²) in [5, 5.41) is 9.54. The van der Waals surface area contributed by atoms with Crippen LogP contribution in [0.15, 0.2) is 48.5 Å². The summed E-state index contributed by atoms with van der Waals surface area (Å²) in [6.45, 7) is 2.15. The molecule has 0 unspecified atom stereocenters. The first-order chi connectivity index (χ1) is 11.1. The largest absolute Gasteiger partial charge is 0.508 e. The normalized spacial score (nSPS) is 11.9. The van der Waals surface area contributed by atoms with E-state index in [1.807, 2.05) is 36.4 Å². The summed E-state index contributed by atoms with van der Waals surface area (Å²) in [5.74, 6) is -0.0190. The van der Waals surface area contributed by atoms with Crippen LogP contribution in [-0.2, 0) is 16.0 Å². The smallest absolute Gasteiger partial charge is 0.307 e. The van der Waals surface area contributed by atoms with E-state index in [1.165, 1.54) is 0 Å². The van der Waals surface area contributed by atoms with Gasteiger partial charge in [0, 0.05) is 6.04 Å². The van der Waals surface area contributed by atoms with E-state index in [-0.39, 0.29) is 24.2 Å². The number of nitrogens with one attached hydrogen (secondary N) is 1. The lowest BCUT2D eigenvalue weighted by Crippen LogP contribution is -2.27. The molecule has 0 saturated heterocycles. The van der Waals surface area contributed by atoms with Gasteiger partial charge in [0.05, 0.1) is 13.0 Å². The van der Waals surface area contributed by atoms with Crippen molar-refractivity contribution in [3.8, 4) is 16.9 Å². The van der Waals surface area contributed by atoms with Crippen molar-refractivity contribution in [2.75, 3.05) is 6.61 Å². The second-order valence-electron chi connectivity index (χ2n) is 5.27. The number of phenolic OH excluding ortho intramolecular Hbond substituents is 1. The maximum atomic E-state index is 11.5. The number of benzene rings is 2. The number of halogens is 1. The molecule has 0 fully saturated rings. The summed E-state index contributed by atoms with van der Waals surface area (Å²) >= 11 is 5.72. The number of ether oxygens (including phenoxy) is 1. The van der Waals surface area contributed by atoms with E-state index < -0.39 is 0 Å².